The average molecular weight is 257 g/mol. The average Bonchev–Trinajstić information content (AvgIpc) is 2.46. The first kappa shape index (κ1) is 12.7. The van der Waals surface area contributed by atoms with Gasteiger partial charge in [0.1, 0.15) is 5.69 Å². The maximum Gasteiger partial charge on any atom is 0.354 e. The minimum absolute atomic E-state index is 0.162. The number of amides is 1. The third-order valence-corrected chi connectivity index (χ3v) is 2.40. The van der Waals surface area contributed by atoms with E-state index >= 15 is 0 Å². The predicted molar refractivity (Wildman–Crippen MR) is 66.6 cm³/mol. The van der Waals surface area contributed by atoms with Gasteiger partial charge in [0.25, 0.3) is 5.91 Å². The maximum absolute atomic E-state index is 11.8. The van der Waals surface area contributed by atoms with Crippen molar-refractivity contribution in [1.82, 2.24) is 15.3 Å². The molecule has 2 rings (SSSR count). The largest absolute Gasteiger partial charge is 0.477 e. The normalized spacial score (nSPS) is 9.89. The quantitative estimate of drug-likeness (QED) is 0.855. The molecule has 19 heavy (non-hydrogen) atoms. The minimum atomic E-state index is -1.17. The smallest absolute Gasteiger partial charge is 0.354 e. The molecule has 6 nitrogen and oxygen atoms in total. The molecule has 0 fully saturated rings. The topological polar surface area (TPSA) is 92.2 Å². The van der Waals surface area contributed by atoms with E-state index in [1.54, 1.807) is 18.3 Å². The van der Waals surface area contributed by atoms with E-state index in [2.05, 4.69) is 15.3 Å². The fourth-order valence-electron chi connectivity index (χ4n) is 1.46. The van der Waals surface area contributed by atoms with Gasteiger partial charge in [-0.1, -0.05) is 6.07 Å². The van der Waals surface area contributed by atoms with E-state index in [0.29, 0.717) is 0 Å². The number of nitrogens with one attached hydrogen (secondary N) is 1. The fourth-order valence-corrected chi connectivity index (χ4v) is 1.46. The lowest BCUT2D eigenvalue weighted by Gasteiger charge is -2.05. The van der Waals surface area contributed by atoms with Crippen LogP contribution in [0.15, 0.2) is 42.7 Å². The summed E-state index contributed by atoms with van der Waals surface area (Å²) in [6.45, 7) is 0.282. The standard InChI is InChI=1S/C13H11N3O3/c17-12(16-8-10-3-1-2-5-14-10)9-4-6-15-11(7-9)13(18)19/h1-7H,8H2,(H,16,17)(H,18,19). The van der Waals surface area contributed by atoms with E-state index in [9.17, 15) is 9.59 Å². The molecule has 0 aliphatic heterocycles. The molecule has 0 unspecified atom stereocenters. The number of carbonyl (C=O) groups is 2. The summed E-state index contributed by atoms with van der Waals surface area (Å²) in [4.78, 5) is 30.3. The number of carbonyl (C=O) groups excluding carboxylic acids is 1. The van der Waals surface area contributed by atoms with E-state index in [1.807, 2.05) is 6.07 Å². The van der Waals surface area contributed by atoms with Gasteiger partial charge in [-0.05, 0) is 24.3 Å². The number of aromatic carboxylic acids is 1. The number of carboxylic acids is 1. The van der Waals surface area contributed by atoms with Crippen molar-refractivity contribution in [2.45, 2.75) is 6.54 Å². The second kappa shape index (κ2) is 5.72. The molecule has 2 N–H and O–H groups in total. The highest BCUT2D eigenvalue weighted by atomic mass is 16.4. The first-order chi connectivity index (χ1) is 9.16. The molecule has 0 atom stereocenters. The van der Waals surface area contributed by atoms with Crippen molar-refractivity contribution in [1.29, 1.82) is 0 Å². The SMILES string of the molecule is O=C(NCc1ccccn1)c1ccnc(C(=O)O)c1. The Labute approximate surface area is 109 Å². The molecule has 1 amide bonds. The van der Waals surface area contributed by atoms with Crippen LogP contribution in [0, 0.1) is 0 Å². The molecule has 6 heteroatoms. The zero-order valence-corrected chi connectivity index (χ0v) is 9.91. The summed E-state index contributed by atoms with van der Waals surface area (Å²) in [6.07, 6.45) is 2.93. The molecule has 2 aromatic heterocycles. The lowest BCUT2D eigenvalue weighted by molar-refractivity contribution is 0.0690. The van der Waals surface area contributed by atoms with Gasteiger partial charge < -0.3 is 10.4 Å². The third kappa shape index (κ3) is 3.35. The van der Waals surface area contributed by atoms with E-state index in [4.69, 9.17) is 5.11 Å². The molecule has 0 spiro atoms. The first-order valence-corrected chi connectivity index (χ1v) is 5.54. The zero-order chi connectivity index (χ0) is 13.7. The van der Waals surface area contributed by atoms with Crippen molar-refractivity contribution >= 4 is 11.9 Å². The molecular weight excluding hydrogens is 246 g/mol. The van der Waals surface area contributed by atoms with Crippen LogP contribution in [0.1, 0.15) is 26.5 Å². The Balaban J connectivity index is 2.04. The van der Waals surface area contributed by atoms with E-state index in [0.717, 1.165) is 5.69 Å². The number of hydrogen-bond acceptors (Lipinski definition) is 4. The van der Waals surface area contributed by atoms with Crippen LogP contribution in [0.4, 0.5) is 0 Å². The summed E-state index contributed by atoms with van der Waals surface area (Å²) in [5.41, 5.74) is 0.817. The van der Waals surface area contributed by atoms with Crippen LogP contribution in [0.2, 0.25) is 0 Å². The van der Waals surface area contributed by atoms with Gasteiger partial charge in [-0.2, -0.15) is 0 Å². The predicted octanol–water partition coefficient (Wildman–Crippen LogP) is 1.10. The Hall–Kier alpha value is -2.76. The highest BCUT2D eigenvalue weighted by Crippen LogP contribution is 2.02. The van der Waals surface area contributed by atoms with Gasteiger partial charge in [-0.25, -0.2) is 9.78 Å². The summed E-state index contributed by atoms with van der Waals surface area (Å²) in [6, 6.07) is 8.09. The lowest BCUT2D eigenvalue weighted by Crippen LogP contribution is -2.23. The number of pyridine rings is 2. The molecular formula is C13H11N3O3. The van der Waals surface area contributed by atoms with Gasteiger partial charge in [0.05, 0.1) is 12.2 Å². The summed E-state index contributed by atoms with van der Waals surface area (Å²) in [5.74, 6) is -1.53. The third-order valence-electron chi connectivity index (χ3n) is 2.40. The van der Waals surface area contributed by atoms with Crippen LogP contribution < -0.4 is 5.32 Å². The number of hydrogen-bond donors (Lipinski definition) is 2. The van der Waals surface area contributed by atoms with Gasteiger partial charge in [0.15, 0.2) is 0 Å². The van der Waals surface area contributed by atoms with Crippen LogP contribution in [-0.4, -0.2) is 27.0 Å². The summed E-state index contributed by atoms with van der Waals surface area (Å²) in [7, 11) is 0. The second-order valence-corrected chi connectivity index (χ2v) is 3.74. The Kier molecular flexibility index (Phi) is 3.82. The zero-order valence-electron chi connectivity index (χ0n) is 9.91. The highest BCUT2D eigenvalue weighted by molar-refractivity contribution is 5.96. The van der Waals surface area contributed by atoms with Crippen LogP contribution in [0.5, 0.6) is 0 Å². The molecule has 2 heterocycles. The summed E-state index contributed by atoms with van der Waals surface area (Å²) >= 11 is 0. The maximum atomic E-state index is 11.8. The van der Waals surface area contributed by atoms with Crippen LogP contribution >= 0.6 is 0 Å². The van der Waals surface area contributed by atoms with Gasteiger partial charge in [0.2, 0.25) is 0 Å². The highest BCUT2D eigenvalue weighted by Gasteiger charge is 2.10. The fraction of sp³-hybridized carbons (Fsp3) is 0.0769. The molecule has 0 aromatic carbocycles. The molecule has 0 saturated heterocycles. The summed E-state index contributed by atoms with van der Waals surface area (Å²) < 4.78 is 0. The van der Waals surface area contributed by atoms with Crippen molar-refractivity contribution in [2.24, 2.45) is 0 Å². The molecule has 0 aliphatic carbocycles. The van der Waals surface area contributed by atoms with Crippen molar-refractivity contribution in [3.8, 4) is 0 Å². The molecule has 0 bridgehead atoms. The van der Waals surface area contributed by atoms with E-state index in [1.165, 1.54) is 18.3 Å². The van der Waals surface area contributed by atoms with Crippen molar-refractivity contribution in [3.05, 3.63) is 59.7 Å². The van der Waals surface area contributed by atoms with Crippen molar-refractivity contribution in [2.75, 3.05) is 0 Å². The Morgan fingerprint density at radius 3 is 2.68 bits per heavy atom. The van der Waals surface area contributed by atoms with E-state index < -0.39 is 5.97 Å². The Morgan fingerprint density at radius 1 is 1.16 bits per heavy atom. The first-order valence-electron chi connectivity index (χ1n) is 5.54. The number of aromatic nitrogens is 2. The number of carboxylic acid groups (broad SMARTS) is 1. The minimum Gasteiger partial charge on any atom is -0.477 e. The number of nitrogens with zero attached hydrogens (tertiary/aromatic N) is 2. The summed E-state index contributed by atoms with van der Waals surface area (Å²) in [5, 5.41) is 11.5. The monoisotopic (exact) mass is 257 g/mol. The van der Waals surface area contributed by atoms with Gasteiger partial charge in [-0.3, -0.25) is 9.78 Å². The van der Waals surface area contributed by atoms with Crippen LogP contribution in [0.3, 0.4) is 0 Å². The molecule has 0 radical (unpaired) electrons. The molecule has 0 aliphatic rings. The van der Waals surface area contributed by atoms with Gasteiger partial charge in [-0.15, -0.1) is 0 Å². The van der Waals surface area contributed by atoms with Crippen molar-refractivity contribution < 1.29 is 14.7 Å². The van der Waals surface area contributed by atoms with Crippen LogP contribution in [-0.2, 0) is 6.54 Å². The van der Waals surface area contributed by atoms with Gasteiger partial charge in [0, 0.05) is 18.0 Å². The lowest BCUT2D eigenvalue weighted by atomic mass is 10.2. The van der Waals surface area contributed by atoms with Gasteiger partial charge >= 0.3 is 5.97 Å². The molecule has 96 valence electrons. The Bertz CT molecular complexity index is 599. The van der Waals surface area contributed by atoms with Crippen molar-refractivity contribution in [3.63, 3.8) is 0 Å². The molecule has 2 aromatic rings. The number of rotatable bonds is 4. The Morgan fingerprint density at radius 2 is 2.00 bits per heavy atom. The molecule has 0 saturated carbocycles. The van der Waals surface area contributed by atoms with Crippen LogP contribution in [0.25, 0.3) is 0 Å². The van der Waals surface area contributed by atoms with E-state index in [-0.39, 0.29) is 23.7 Å². The second-order valence-electron chi connectivity index (χ2n) is 3.74.